The fourth-order valence-corrected chi connectivity index (χ4v) is 2.03. The van der Waals surface area contributed by atoms with Gasteiger partial charge >= 0.3 is 0 Å². The average molecular weight is 233 g/mol. The minimum atomic E-state index is 0.666. The van der Waals surface area contributed by atoms with Gasteiger partial charge in [0.2, 0.25) is 0 Å². The van der Waals surface area contributed by atoms with Gasteiger partial charge in [0.1, 0.15) is 5.65 Å². The molecular weight excluding hydrogens is 214 g/mol. The number of hydrogen-bond donors (Lipinski definition) is 1. The Kier molecular flexibility index (Phi) is 4.12. The number of rotatable bonds is 6. The molecular formula is C13H19N3O. The summed E-state index contributed by atoms with van der Waals surface area (Å²) in [5.74, 6) is 0. The van der Waals surface area contributed by atoms with Gasteiger partial charge in [0, 0.05) is 30.9 Å². The summed E-state index contributed by atoms with van der Waals surface area (Å²) in [7, 11) is 0. The highest BCUT2D eigenvalue weighted by Gasteiger charge is 2.08. The Hall–Kier alpha value is -1.39. The smallest absolute Gasteiger partial charge is 0.140 e. The minimum absolute atomic E-state index is 0.666. The molecule has 0 atom stereocenters. The summed E-state index contributed by atoms with van der Waals surface area (Å²) in [6.07, 6.45) is 4.86. The molecule has 92 valence electrons. The maximum Gasteiger partial charge on any atom is 0.140 e. The molecule has 0 aliphatic heterocycles. The van der Waals surface area contributed by atoms with Gasteiger partial charge in [-0.25, -0.2) is 4.98 Å². The summed E-state index contributed by atoms with van der Waals surface area (Å²) >= 11 is 0. The van der Waals surface area contributed by atoms with Crippen LogP contribution in [0, 0.1) is 0 Å². The van der Waals surface area contributed by atoms with Gasteiger partial charge in [-0.3, -0.25) is 0 Å². The molecule has 0 fully saturated rings. The van der Waals surface area contributed by atoms with Crippen LogP contribution in [0.4, 0.5) is 0 Å². The van der Waals surface area contributed by atoms with Crippen molar-refractivity contribution in [1.29, 1.82) is 0 Å². The second kappa shape index (κ2) is 5.80. The van der Waals surface area contributed by atoms with Crippen LogP contribution in [0.2, 0.25) is 0 Å². The lowest BCUT2D eigenvalue weighted by Gasteiger charge is -2.03. The molecule has 2 aromatic rings. The van der Waals surface area contributed by atoms with Gasteiger partial charge in [0.05, 0.1) is 6.61 Å². The van der Waals surface area contributed by atoms with Gasteiger partial charge in [-0.1, -0.05) is 0 Å². The maximum atomic E-state index is 5.63. The van der Waals surface area contributed by atoms with E-state index in [-0.39, 0.29) is 0 Å². The SMILES string of the molecule is CCOCCn1cc(CCN)c2cccnc21. The van der Waals surface area contributed by atoms with Crippen LogP contribution in [0.25, 0.3) is 11.0 Å². The molecule has 0 bridgehead atoms. The predicted octanol–water partition coefficient (Wildman–Crippen LogP) is 1.57. The van der Waals surface area contributed by atoms with Crippen LogP contribution in [0.15, 0.2) is 24.5 Å². The van der Waals surface area contributed by atoms with E-state index in [1.807, 2.05) is 19.2 Å². The zero-order valence-corrected chi connectivity index (χ0v) is 10.2. The molecule has 2 N–H and O–H groups in total. The van der Waals surface area contributed by atoms with Crippen LogP contribution >= 0.6 is 0 Å². The van der Waals surface area contributed by atoms with Crippen molar-refractivity contribution < 1.29 is 4.74 Å². The highest BCUT2D eigenvalue weighted by atomic mass is 16.5. The summed E-state index contributed by atoms with van der Waals surface area (Å²) in [6, 6.07) is 4.07. The summed E-state index contributed by atoms with van der Waals surface area (Å²) in [5, 5.41) is 1.20. The monoisotopic (exact) mass is 233 g/mol. The van der Waals surface area contributed by atoms with Gasteiger partial charge < -0.3 is 15.0 Å². The molecule has 4 nitrogen and oxygen atoms in total. The maximum absolute atomic E-state index is 5.63. The zero-order valence-electron chi connectivity index (χ0n) is 10.2. The molecule has 0 radical (unpaired) electrons. The summed E-state index contributed by atoms with van der Waals surface area (Å²) in [6.45, 7) is 4.98. The average Bonchev–Trinajstić information content (AvgIpc) is 2.70. The number of ether oxygens (including phenoxy) is 1. The quantitative estimate of drug-likeness (QED) is 0.771. The Labute approximate surface area is 101 Å². The van der Waals surface area contributed by atoms with Gasteiger partial charge in [-0.15, -0.1) is 0 Å². The normalized spacial score (nSPS) is 11.2. The molecule has 2 aromatic heterocycles. The number of aromatic nitrogens is 2. The van der Waals surface area contributed by atoms with E-state index >= 15 is 0 Å². The molecule has 2 heterocycles. The van der Waals surface area contributed by atoms with Crippen molar-refractivity contribution >= 4 is 11.0 Å². The van der Waals surface area contributed by atoms with Gasteiger partial charge in [0.15, 0.2) is 0 Å². The Balaban J connectivity index is 2.28. The van der Waals surface area contributed by atoms with E-state index in [0.29, 0.717) is 6.54 Å². The van der Waals surface area contributed by atoms with E-state index in [1.165, 1.54) is 10.9 Å². The van der Waals surface area contributed by atoms with E-state index in [4.69, 9.17) is 10.5 Å². The third kappa shape index (κ3) is 2.65. The van der Waals surface area contributed by atoms with Crippen LogP contribution in [-0.2, 0) is 17.7 Å². The van der Waals surface area contributed by atoms with E-state index in [9.17, 15) is 0 Å². The minimum Gasteiger partial charge on any atom is -0.380 e. The Bertz CT molecular complexity index is 478. The second-order valence-electron chi connectivity index (χ2n) is 3.96. The molecule has 4 heteroatoms. The van der Waals surface area contributed by atoms with Crippen LogP contribution in [0.5, 0.6) is 0 Å². The second-order valence-corrected chi connectivity index (χ2v) is 3.96. The third-order valence-electron chi connectivity index (χ3n) is 2.81. The van der Waals surface area contributed by atoms with Crippen LogP contribution in [0.1, 0.15) is 12.5 Å². The Morgan fingerprint density at radius 3 is 3.12 bits per heavy atom. The lowest BCUT2D eigenvalue weighted by Crippen LogP contribution is -2.05. The van der Waals surface area contributed by atoms with E-state index in [2.05, 4.69) is 21.8 Å². The number of pyridine rings is 1. The first-order valence-electron chi connectivity index (χ1n) is 6.07. The van der Waals surface area contributed by atoms with Crippen molar-refractivity contribution in [2.75, 3.05) is 19.8 Å². The largest absolute Gasteiger partial charge is 0.380 e. The fraction of sp³-hybridized carbons (Fsp3) is 0.462. The fourth-order valence-electron chi connectivity index (χ4n) is 2.03. The molecule has 17 heavy (non-hydrogen) atoms. The molecule has 0 aromatic carbocycles. The number of nitrogens with two attached hydrogens (primary N) is 1. The summed E-state index contributed by atoms with van der Waals surface area (Å²) in [4.78, 5) is 4.43. The van der Waals surface area contributed by atoms with Crippen LogP contribution < -0.4 is 5.73 Å². The first kappa shape index (κ1) is 12.1. The molecule has 0 aliphatic rings. The van der Waals surface area contributed by atoms with Crippen molar-refractivity contribution in [2.45, 2.75) is 19.9 Å². The summed E-state index contributed by atoms with van der Waals surface area (Å²) < 4.78 is 7.53. The highest BCUT2D eigenvalue weighted by Crippen LogP contribution is 2.19. The summed E-state index contributed by atoms with van der Waals surface area (Å²) in [5.41, 5.74) is 7.92. The van der Waals surface area contributed by atoms with Crippen LogP contribution in [-0.4, -0.2) is 29.3 Å². The predicted molar refractivity (Wildman–Crippen MR) is 69.0 cm³/mol. The lowest BCUT2D eigenvalue weighted by molar-refractivity contribution is 0.140. The van der Waals surface area contributed by atoms with Crippen LogP contribution in [0.3, 0.4) is 0 Å². The van der Waals surface area contributed by atoms with Gasteiger partial charge in [0.25, 0.3) is 0 Å². The molecule has 0 saturated heterocycles. The molecule has 0 spiro atoms. The van der Waals surface area contributed by atoms with Crippen molar-refractivity contribution in [3.8, 4) is 0 Å². The first-order chi connectivity index (χ1) is 8.36. The first-order valence-corrected chi connectivity index (χ1v) is 6.07. The third-order valence-corrected chi connectivity index (χ3v) is 2.81. The molecule has 2 rings (SSSR count). The molecule has 0 amide bonds. The Morgan fingerprint density at radius 1 is 1.47 bits per heavy atom. The zero-order chi connectivity index (χ0) is 12.1. The van der Waals surface area contributed by atoms with Gasteiger partial charge in [-0.05, 0) is 37.6 Å². The van der Waals surface area contributed by atoms with E-state index in [0.717, 1.165) is 31.8 Å². The Morgan fingerprint density at radius 2 is 2.35 bits per heavy atom. The lowest BCUT2D eigenvalue weighted by atomic mass is 10.2. The highest BCUT2D eigenvalue weighted by molar-refractivity contribution is 5.80. The molecule has 0 unspecified atom stereocenters. The standard InChI is InChI=1S/C13H19N3O/c1-2-17-9-8-16-10-11(5-6-14)12-4-3-7-15-13(12)16/h3-4,7,10H,2,5-6,8-9,14H2,1H3. The number of nitrogens with zero attached hydrogens (tertiary/aromatic N) is 2. The molecule has 0 aliphatic carbocycles. The van der Waals surface area contributed by atoms with Crippen molar-refractivity contribution in [2.24, 2.45) is 5.73 Å². The topological polar surface area (TPSA) is 53.1 Å². The van der Waals surface area contributed by atoms with Crippen molar-refractivity contribution in [3.63, 3.8) is 0 Å². The van der Waals surface area contributed by atoms with E-state index < -0.39 is 0 Å². The van der Waals surface area contributed by atoms with Crippen molar-refractivity contribution in [1.82, 2.24) is 9.55 Å². The van der Waals surface area contributed by atoms with E-state index in [1.54, 1.807) is 0 Å². The van der Waals surface area contributed by atoms with Gasteiger partial charge in [-0.2, -0.15) is 0 Å². The van der Waals surface area contributed by atoms with Crippen molar-refractivity contribution in [3.05, 3.63) is 30.1 Å². The number of hydrogen-bond acceptors (Lipinski definition) is 3. The molecule has 0 saturated carbocycles. The number of fused-ring (bicyclic) bond motifs is 1.